The Balaban J connectivity index is 1.58. The molecule has 3 rings (SSSR count). The van der Waals surface area contributed by atoms with Crippen LogP contribution >= 0.6 is 0 Å². The SMILES string of the molecule is COc1ccc(N2CCN([C@H](C)C(=O)N(C)C3(C#N)CCCCC3)CC2)cc1. The molecule has 1 aromatic carbocycles. The summed E-state index contributed by atoms with van der Waals surface area (Å²) >= 11 is 0. The van der Waals surface area contributed by atoms with Crippen LogP contribution in [-0.4, -0.2) is 67.6 Å². The molecule has 1 aliphatic heterocycles. The van der Waals surface area contributed by atoms with E-state index < -0.39 is 5.54 Å². The van der Waals surface area contributed by atoms with E-state index in [9.17, 15) is 10.1 Å². The number of nitrogens with zero attached hydrogens (tertiary/aromatic N) is 4. The van der Waals surface area contributed by atoms with Crippen molar-refractivity contribution < 1.29 is 9.53 Å². The normalized spacial score (nSPS) is 20.9. The number of carbonyl (C=O) groups is 1. The average molecular weight is 385 g/mol. The van der Waals surface area contributed by atoms with Crippen molar-refractivity contribution in [1.82, 2.24) is 9.80 Å². The van der Waals surface area contributed by atoms with Crippen molar-refractivity contribution in [2.24, 2.45) is 0 Å². The summed E-state index contributed by atoms with van der Waals surface area (Å²) in [6.07, 6.45) is 4.81. The number of benzene rings is 1. The molecular weight excluding hydrogens is 352 g/mol. The zero-order valence-electron chi connectivity index (χ0n) is 17.4. The molecule has 0 unspecified atom stereocenters. The number of piperazine rings is 1. The van der Waals surface area contributed by atoms with Gasteiger partial charge in [0, 0.05) is 38.9 Å². The predicted octanol–water partition coefficient (Wildman–Crippen LogP) is 2.89. The van der Waals surface area contributed by atoms with Crippen molar-refractivity contribution in [2.75, 3.05) is 45.2 Å². The summed E-state index contributed by atoms with van der Waals surface area (Å²) in [5.74, 6) is 0.931. The van der Waals surface area contributed by atoms with Gasteiger partial charge in [0.2, 0.25) is 5.91 Å². The first-order valence-electron chi connectivity index (χ1n) is 10.3. The highest BCUT2D eigenvalue weighted by atomic mass is 16.5. The molecule has 6 nitrogen and oxygen atoms in total. The Morgan fingerprint density at radius 3 is 2.29 bits per heavy atom. The number of methoxy groups -OCH3 is 1. The molecule has 2 fully saturated rings. The van der Waals surface area contributed by atoms with Gasteiger partial charge in [-0.2, -0.15) is 5.26 Å². The minimum Gasteiger partial charge on any atom is -0.497 e. The van der Waals surface area contributed by atoms with E-state index in [1.807, 2.05) is 26.1 Å². The third-order valence-electron chi connectivity index (χ3n) is 6.52. The first-order valence-corrected chi connectivity index (χ1v) is 10.3. The van der Waals surface area contributed by atoms with Gasteiger partial charge in [-0.3, -0.25) is 9.69 Å². The Kier molecular flexibility index (Phi) is 6.46. The molecule has 1 aromatic rings. The zero-order valence-corrected chi connectivity index (χ0v) is 17.4. The van der Waals surface area contributed by atoms with Crippen LogP contribution in [0.2, 0.25) is 0 Å². The van der Waals surface area contributed by atoms with E-state index in [4.69, 9.17) is 4.74 Å². The summed E-state index contributed by atoms with van der Waals surface area (Å²) in [5.41, 5.74) is 0.566. The largest absolute Gasteiger partial charge is 0.497 e. The number of carbonyl (C=O) groups excluding carboxylic acids is 1. The molecular formula is C22H32N4O2. The summed E-state index contributed by atoms with van der Waals surface area (Å²) < 4.78 is 5.23. The number of anilines is 1. The van der Waals surface area contributed by atoms with Gasteiger partial charge in [0.1, 0.15) is 11.3 Å². The van der Waals surface area contributed by atoms with Crippen molar-refractivity contribution in [2.45, 2.75) is 50.6 Å². The van der Waals surface area contributed by atoms with Gasteiger partial charge in [-0.1, -0.05) is 19.3 Å². The number of hydrogen-bond donors (Lipinski definition) is 0. The van der Waals surface area contributed by atoms with Crippen molar-refractivity contribution in [1.29, 1.82) is 5.26 Å². The Hall–Kier alpha value is -2.26. The van der Waals surface area contributed by atoms with Crippen molar-refractivity contribution in [3.8, 4) is 11.8 Å². The van der Waals surface area contributed by atoms with Gasteiger partial charge in [-0.25, -0.2) is 0 Å². The fourth-order valence-electron chi connectivity index (χ4n) is 4.47. The van der Waals surface area contributed by atoms with Gasteiger partial charge >= 0.3 is 0 Å². The van der Waals surface area contributed by atoms with Crippen molar-refractivity contribution in [3.05, 3.63) is 24.3 Å². The molecule has 1 amide bonds. The minimum atomic E-state index is -0.617. The van der Waals surface area contributed by atoms with Crippen LogP contribution in [0.25, 0.3) is 0 Å². The summed E-state index contributed by atoms with van der Waals surface area (Å²) in [7, 11) is 3.49. The maximum atomic E-state index is 13.1. The minimum absolute atomic E-state index is 0.0707. The van der Waals surface area contributed by atoms with Crippen LogP contribution in [0.3, 0.4) is 0 Å². The standard InChI is InChI=1S/C22H32N4O2/c1-18(21(27)24(2)22(17-23)11-5-4-6-12-22)25-13-15-26(16-14-25)19-7-9-20(28-3)10-8-19/h7-10,18H,4-6,11-16H2,1-3H3/t18-/m1/s1. The fourth-order valence-corrected chi connectivity index (χ4v) is 4.47. The molecule has 2 aliphatic rings. The first kappa shape index (κ1) is 20.5. The molecule has 152 valence electrons. The molecule has 0 aromatic heterocycles. The summed E-state index contributed by atoms with van der Waals surface area (Å²) in [4.78, 5) is 19.5. The number of amides is 1. The Morgan fingerprint density at radius 1 is 1.14 bits per heavy atom. The van der Waals surface area contributed by atoms with Gasteiger partial charge in [0.05, 0.1) is 19.2 Å². The monoisotopic (exact) mass is 384 g/mol. The summed E-state index contributed by atoms with van der Waals surface area (Å²) in [6, 6.07) is 10.4. The highest BCUT2D eigenvalue weighted by molar-refractivity contribution is 5.82. The molecule has 1 heterocycles. The molecule has 0 spiro atoms. The van der Waals surface area contributed by atoms with Gasteiger partial charge in [0.15, 0.2) is 0 Å². The molecule has 28 heavy (non-hydrogen) atoms. The average Bonchev–Trinajstić information content (AvgIpc) is 2.78. The molecule has 0 N–H and O–H groups in total. The van der Waals surface area contributed by atoms with E-state index in [1.54, 1.807) is 12.0 Å². The second-order valence-corrected chi connectivity index (χ2v) is 8.00. The van der Waals surface area contributed by atoms with Gasteiger partial charge in [-0.05, 0) is 44.0 Å². The highest BCUT2D eigenvalue weighted by Gasteiger charge is 2.41. The Bertz CT molecular complexity index is 698. The fraction of sp³-hybridized carbons (Fsp3) is 0.636. The predicted molar refractivity (Wildman–Crippen MR) is 110 cm³/mol. The van der Waals surface area contributed by atoms with Crippen LogP contribution in [-0.2, 0) is 4.79 Å². The third kappa shape index (κ3) is 4.10. The highest BCUT2D eigenvalue weighted by Crippen LogP contribution is 2.33. The molecule has 1 aliphatic carbocycles. The second-order valence-electron chi connectivity index (χ2n) is 8.00. The smallest absolute Gasteiger partial charge is 0.240 e. The number of likely N-dealkylation sites (N-methyl/N-ethyl adjacent to an activating group) is 1. The van der Waals surface area contributed by atoms with Gasteiger partial charge in [0.25, 0.3) is 0 Å². The van der Waals surface area contributed by atoms with Crippen LogP contribution in [0.15, 0.2) is 24.3 Å². The lowest BCUT2D eigenvalue weighted by atomic mass is 9.81. The topological polar surface area (TPSA) is 59.8 Å². The van der Waals surface area contributed by atoms with E-state index in [2.05, 4.69) is 28.0 Å². The number of ether oxygens (including phenoxy) is 1. The zero-order chi connectivity index (χ0) is 20.1. The van der Waals surface area contributed by atoms with Crippen LogP contribution < -0.4 is 9.64 Å². The molecule has 1 saturated carbocycles. The lowest BCUT2D eigenvalue weighted by Crippen LogP contribution is -2.58. The molecule has 1 saturated heterocycles. The Labute approximate surface area is 168 Å². The van der Waals surface area contributed by atoms with E-state index in [-0.39, 0.29) is 11.9 Å². The number of rotatable bonds is 5. The van der Waals surface area contributed by atoms with Crippen LogP contribution in [0.1, 0.15) is 39.0 Å². The van der Waals surface area contributed by atoms with E-state index in [0.29, 0.717) is 0 Å². The summed E-state index contributed by atoms with van der Waals surface area (Å²) in [5, 5.41) is 9.78. The number of hydrogen-bond acceptors (Lipinski definition) is 5. The maximum absolute atomic E-state index is 13.1. The van der Waals surface area contributed by atoms with Crippen LogP contribution in [0.4, 0.5) is 5.69 Å². The first-order chi connectivity index (χ1) is 13.5. The van der Waals surface area contributed by atoms with Crippen LogP contribution in [0, 0.1) is 11.3 Å². The van der Waals surface area contributed by atoms with E-state index in [1.165, 1.54) is 5.69 Å². The van der Waals surface area contributed by atoms with Crippen molar-refractivity contribution >= 4 is 11.6 Å². The van der Waals surface area contributed by atoms with Crippen molar-refractivity contribution in [3.63, 3.8) is 0 Å². The molecule has 6 heteroatoms. The Morgan fingerprint density at radius 2 is 1.75 bits per heavy atom. The van der Waals surface area contributed by atoms with E-state index in [0.717, 1.165) is 64.0 Å². The molecule has 1 atom stereocenters. The number of nitriles is 1. The quantitative estimate of drug-likeness (QED) is 0.781. The van der Waals surface area contributed by atoms with Gasteiger partial charge in [-0.15, -0.1) is 0 Å². The van der Waals surface area contributed by atoms with E-state index >= 15 is 0 Å². The second kappa shape index (κ2) is 8.83. The van der Waals surface area contributed by atoms with Crippen LogP contribution in [0.5, 0.6) is 5.75 Å². The summed E-state index contributed by atoms with van der Waals surface area (Å²) in [6.45, 7) is 5.43. The molecule has 0 radical (unpaired) electrons. The van der Waals surface area contributed by atoms with Gasteiger partial charge < -0.3 is 14.5 Å². The maximum Gasteiger partial charge on any atom is 0.240 e. The lowest BCUT2D eigenvalue weighted by molar-refractivity contribution is -0.140. The molecule has 0 bridgehead atoms. The lowest BCUT2D eigenvalue weighted by Gasteiger charge is -2.43. The third-order valence-corrected chi connectivity index (χ3v) is 6.52.